The Bertz CT molecular complexity index is 430. The van der Waals surface area contributed by atoms with Crippen molar-refractivity contribution in [3.8, 4) is 0 Å². The average Bonchev–Trinajstić information content (AvgIpc) is 2.77. The SMILES string of the molecule is CCNCc1c(CC)nn(CCOCC(F)(F)F)c1CC. The first-order valence-corrected chi connectivity index (χ1v) is 7.35. The summed E-state index contributed by atoms with van der Waals surface area (Å²) in [6.45, 7) is 6.85. The van der Waals surface area contributed by atoms with E-state index in [9.17, 15) is 13.2 Å². The smallest absolute Gasteiger partial charge is 0.370 e. The molecule has 7 heteroatoms. The number of hydrogen-bond donors (Lipinski definition) is 1. The van der Waals surface area contributed by atoms with Crippen LogP contribution in [0.25, 0.3) is 0 Å². The van der Waals surface area contributed by atoms with Gasteiger partial charge in [-0.15, -0.1) is 0 Å². The number of rotatable bonds is 9. The number of aromatic nitrogens is 2. The molecule has 1 rings (SSSR count). The average molecular weight is 307 g/mol. The van der Waals surface area contributed by atoms with E-state index in [1.54, 1.807) is 4.68 Å². The van der Waals surface area contributed by atoms with Crippen molar-refractivity contribution in [2.45, 2.75) is 52.9 Å². The molecule has 1 aromatic rings. The largest absolute Gasteiger partial charge is 0.411 e. The van der Waals surface area contributed by atoms with Crippen molar-refractivity contribution in [2.24, 2.45) is 0 Å². The van der Waals surface area contributed by atoms with E-state index < -0.39 is 12.8 Å². The lowest BCUT2D eigenvalue weighted by Crippen LogP contribution is -2.20. The van der Waals surface area contributed by atoms with E-state index in [1.165, 1.54) is 0 Å². The summed E-state index contributed by atoms with van der Waals surface area (Å²) in [6.07, 6.45) is -2.67. The first-order valence-electron chi connectivity index (χ1n) is 7.35. The monoisotopic (exact) mass is 307 g/mol. The fraction of sp³-hybridized carbons (Fsp3) is 0.786. The lowest BCUT2D eigenvalue weighted by molar-refractivity contribution is -0.174. The van der Waals surface area contributed by atoms with Crippen LogP contribution in [0.15, 0.2) is 0 Å². The van der Waals surface area contributed by atoms with Gasteiger partial charge >= 0.3 is 6.18 Å². The Morgan fingerprint density at radius 1 is 1.19 bits per heavy atom. The first kappa shape index (κ1) is 18.0. The van der Waals surface area contributed by atoms with E-state index in [0.717, 1.165) is 42.9 Å². The molecule has 0 unspecified atom stereocenters. The molecule has 0 amide bonds. The van der Waals surface area contributed by atoms with Crippen molar-refractivity contribution in [3.05, 3.63) is 17.0 Å². The highest BCUT2D eigenvalue weighted by atomic mass is 19.4. The van der Waals surface area contributed by atoms with Gasteiger partial charge in [0.05, 0.1) is 18.8 Å². The number of nitrogens with one attached hydrogen (secondary N) is 1. The maximum atomic E-state index is 12.0. The Morgan fingerprint density at radius 3 is 2.43 bits per heavy atom. The van der Waals surface area contributed by atoms with Gasteiger partial charge in [-0.25, -0.2) is 0 Å². The maximum Gasteiger partial charge on any atom is 0.411 e. The molecule has 4 nitrogen and oxygen atoms in total. The molecule has 0 saturated heterocycles. The Labute approximate surface area is 123 Å². The molecule has 0 aromatic carbocycles. The Balaban J connectivity index is 2.70. The lowest BCUT2D eigenvalue weighted by atomic mass is 10.1. The molecule has 0 aliphatic rings. The molecular weight excluding hydrogens is 283 g/mol. The third-order valence-corrected chi connectivity index (χ3v) is 3.18. The second-order valence-corrected chi connectivity index (χ2v) is 4.75. The maximum absolute atomic E-state index is 12.0. The van der Waals surface area contributed by atoms with Gasteiger partial charge in [-0.1, -0.05) is 20.8 Å². The van der Waals surface area contributed by atoms with E-state index in [1.807, 2.05) is 20.8 Å². The Kier molecular flexibility index (Phi) is 7.17. The molecule has 0 spiro atoms. The third kappa shape index (κ3) is 5.67. The van der Waals surface area contributed by atoms with Crippen LogP contribution in [0.3, 0.4) is 0 Å². The molecule has 0 aliphatic heterocycles. The highest BCUT2D eigenvalue weighted by Gasteiger charge is 2.27. The van der Waals surface area contributed by atoms with Crippen LogP contribution >= 0.6 is 0 Å². The summed E-state index contributed by atoms with van der Waals surface area (Å²) < 4.78 is 42.5. The van der Waals surface area contributed by atoms with E-state index in [4.69, 9.17) is 0 Å². The summed E-state index contributed by atoms with van der Waals surface area (Å²) >= 11 is 0. The number of nitrogens with zero attached hydrogens (tertiary/aromatic N) is 2. The van der Waals surface area contributed by atoms with Crippen molar-refractivity contribution in [3.63, 3.8) is 0 Å². The van der Waals surface area contributed by atoms with Gasteiger partial charge in [0.15, 0.2) is 0 Å². The minimum absolute atomic E-state index is 0.0119. The molecule has 0 radical (unpaired) electrons. The van der Waals surface area contributed by atoms with Crippen LogP contribution in [0.1, 0.15) is 37.7 Å². The zero-order chi connectivity index (χ0) is 15.9. The Morgan fingerprint density at radius 2 is 1.90 bits per heavy atom. The molecule has 1 N–H and O–H groups in total. The normalized spacial score (nSPS) is 12.1. The standard InChI is InChI=1S/C14H24F3N3O/c1-4-12-11(9-18-6-3)13(5-2)20(19-12)7-8-21-10-14(15,16)17/h18H,4-10H2,1-3H3. The van der Waals surface area contributed by atoms with Crippen LogP contribution in [0.4, 0.5) is 13.2 Å². The summed E-state index contributed by atoms with van der Waals surface area (Å²) in [5.74, 6) is 0. The van der Waals surface area contributed by atoms with Gasteiger partial charge in [0, 0.05) is 17.8 Å². The van der Waals surface area contributed by atoms with Crippen molar-refractivity contribution < 1.29 is 17.9 Å². The molecule has 21 heavy (non-hydrogen) atoms. The minimum Gasteiger partial charge on any atom is -0.370 e. The summed E-state index contributed by atoms with van der Waals surface area (Å²) in [4.78, 5) is 0. The lowest BCUT2D eigenvalue weighted by Gasteiger charge is -2.10. The molecule has 0 bridgehead atoms. The quantitative estimate of drug-likeness (QED) is 0.713. The van der Waals surface area contributed by atoms with Crippen LogP contribution in [-0.2, 0) is 30.7 Å². The highest BCUT2D eigenvalue weighted by Crippen LogP contribution is 2.17. The second kappa shape index (κ2) is 8.38. The zero-order valence-corrected chi connectivity index (χ0v) is 12.9. The van der Waals surface area contributed by atoms with Crippen molar-refractivity contribution in [1.29, 1.82) is 0 Å². The predicted octanol–water partition coefficient (Wildman–Crippen LogP) is 2.70. The molecular formula is C14H24F3N3O. The third-order valence-electron chi connectivity index (χ3n) is 3.18. The summed E-state index contributed by atoms with van der Waals surface area (Å²) in [5.41, 5.74) is 3.24. The fourth-order valence-electron chi connectivity index (χ4n) is 2.25. The molecule has 0 aliphatic carbocycles. The van der Waals surface area contributed by atoms with Crippen LogP contribution < -0.4 is 5.32 Å². The number of halogens is 3. The van der Waals surface area contributed by atoms with Crippen LogP contribution in [-0.4, -0.2) is 35.7 Å². The van der Waals surface area contributed by atoms with Gasteiger partial charge in [-0.05, 0) is 19.4 Å². The number of alkyl halides is 3. The van der Waals surface area contributed by atoms with Gasteiger partial charge in [-0.3, -0.25) is 4.68 Å². The molecule has 0 atom stereocenters. The minimum atomic E-state index is -4.28. The van der Waals surface area contributed by atoms with Gasteiger partial charge in [0.1, 0.15) is 6.61 Å². The van der Waals surface area contributed by atoms with Crippen molar-refractivity contribution >= 4 is 0 Å². The fourth-order valence-corrected chi connectivity index (χ4v) is 2.25. The second-order valence-electron chi connectivity index (χ2n) is 4.75. The van der Waals surface area contributed by atoms with E-state index in [-0.39, 0.29) is 6.61 Å². The van der Waals surface area contributed by atoms with Crippen molar-refractivity contribution in [1.82, 2.24) is 15.1 Å². The number of aryl methyl sites for hydroxylation is 1. The number of ether oxygens (including phenoxy) is 1. The molecule has 1 heterocycles. The van der Waals surface area contributed by atoms with E-state index >= 15 is 0 Å². The Hall–Kier alpha value is -1.08. The van der Waals surface area contributed by atoms with Gasteiger partial charge in [0.2, 0.25) is 0 Å². The zero-order valence-electron chi connectivity index (χ0n) is 12.9. The van der Waals surface area contributed by atoms with Crippen LogP contribution in [0.5, 0.6) is 0 Å². The van der Waals surface area contributed by atoms with Gasteiger partial charge in [-0.2, -0.15) is 18.3 Å². The van der Waals surface area contributed by atoms with Crippen LogP contribution in [0.2, 0.25) is 0 Å². The molecule has 0 saturated carbocycles. The summed E-state index contributed by atoms with van der Waals surface area (Å²) in [5, 5.41) is 7.78. The number of hydrogen-bond acceptors (Lipinski definition) is 3. The van der Waals surface area contributed by atoms with Gasteiger partial charge in [0.25, 0.3) is 0 Å². The van der Waals surface area contributed by atoms with E-state index in [2.05, 4.69) is 15.2 Å². The highest BCUT2D eigenvalue weighted by molar-refractivity contribution is 5.26. The van der Waals surface area contributed by atoms with E-state index in [0.29, 0.717) is 6.54 Å². The summed E-state index contributed by atoms with van der Waals surface area (Å²) in [6, 6.07) is 0. The van der Waals surface area contributed by atoms with Crippen molar-refractivity contribution in [2.75, 3.05) is 19.8 Å². The molecule has 1 aromatic heterocycles. The predicted molar refractivity (Wildman–Crippen MR) is 75.2 cm³/mol. The molecule has 122 valence electrons. The summed E-state index contributed by atoms with van der Waals surface area (Å²) in [7, 11) is 0. The van der Waals surface area contributed by atoms with Gasteiger partial charge < -0.3 is 10.1 Å². The first-order chi connectivity index (χ1) is 9.92. The topological polar surface area (TPSA) is 39.1 Å². The molecule has 0 fully saturated rings. The van der Waals surface area contributed by atoms with Crippen LogP contribution in [0, 0.1) is 0 Å².